The van der Waals surface area contributed by atoms with Crippen molar-refractivity contribution < 1.29 is 19.4 Å². The predicted molar refractivity (Wildman–Crippen MR) is 132 cm³/mol. The second kappa shape index (κ2) is 7.10. The molecule has 0 amide bonds. The van der Waals surface area contributed by atoms with Crippen LogP contribution in [0.1, 0.15) is 62.4 Å². The first-order chi connectivity index (χ1) is 16.0. The first kappa shape index (κ1) is 22.0. The van der Waals surface area contributed by atoms with E-state index in [1.165, 1.54) is 6.07 Å². The Labute approximate surface area is 199 Å². The van der Waals surface area contributed by atoms with E-state index >= 15 is 0 Å². The number of fused-ring (bicyclic) bond motifs is 6. The van der Waals surface area contributed by atoms with Gasteiger partial charge in [-0.15, -0.1) is 0 Å². The minimum absolute atomic E-state index is 0.124. The lowest BCUT2D eigenvalue weighted by Gasteiger charge is -2.45. The van der Waals surface area contributed by atoms with E-state index < -0.39 is 17.5 Å². The number of ether oxygens (including phenoxy) is 1. The van der Waals surface area contributed by atoms with Crippen LogP contribution < -0.4 is 9.80 Å². The van der Waals surface area contributed by atoms with Crippen LogP contribution in [-0.2, 0) is 15.8 Å². The number of hydrogen-bond acceptors (Lipinski definition) is 5. The first-order valence-electron chi connectivity index (χ1n) is 11.2. The maximum absolute atomic E-state index is 13.2. The molecule has 0 radical (unpaired) electrons. The fourth-order valence-electron chi connectivity index (χ4n) is 5.35. The summed E-state index contributed by atoms with van der Waals surface area (Å²) in [7, 11) is 7.98. The molecule has 2 aliphatic rings. The third-order valence-electron chi connectivity index (χ3n) is 7.26. The lowest BCUT2D eigenvalue weighted by Crippen LogP contribution is -2.41. The lowest BCUT2D eigenvalue weighted by molar-refractivity contribution is 0.0231. The number of anilines is 2. The van der Waals surface area contributed by atoms with Gasteiger partial charge in [0.1, 0.15) is 0 Å². The summed E-state index contributed by atoms with van der Waals surface area (Å²) in [5.41, 5.74) is 5.40. The Morgan fingerprint density at radius 1 is 0.765 bits per heavy atom. The van der Waals surface area contributed by atoms with E-state index in [1.54, 1.807) is 12.1 Å². The number of rotatable bonds is 3. The predicted octanol–water partition coefficient (Wildman–Crippen LogP) is 4.62. The molecule has 1 heterocycles. The number of carboxylic acids is 1. The van der Waals surface area contributed by atoms with Gasteiger partial charge in [0.2, 0.25) is 0 Å². The van der Waals surface area contributed by atoms with Gasteiger partial charge in [-0.05, 0) is 53.6 Å². The lowest BCUT2D eigenvalue weighted by atomic mass is 9.61. The van der Waals surface area contributed by atoms with Crippen LogP contribution in [0.5, 0.6) is 0 Å². The van der Waals surface area contributed by atoms with Crippen molar-refractivity contribution in [2.75, 3.05) is 38.0 Å². The molecule has 0 atom stereocenters. The Hall–Kier alpha value is -3.80. The van der Waals surface area contributed by atoms with Gasteiger partial charge >= 0.3 is 11.9 Å². The zero-order chi connectivity index (χ0) is 24.6. The molecular formula is C28H28N2O4. The van der Waals surface area contributed by atoms with Crippen LogP contribution in [0.25, 0.3) is 0 Å². The molecule has 1 aliphatic carbocycles. The Morgan fingerprint density at radius 3 is 1.76 bits per heavy atom. The fourth-order valence-corrected chi connectivity index (χ4v) is 5.35. The zero-order valence-corrected chi connectivity index (χ0v) is 20.3. The molecule has 1 aliphatic heterocycles. The smallest absolute Gasteiger partial charge is 0.340 e. The molecule has 0 saturated heterocycles. The number of carbonyl (C=O) groups excluding carboxylic acids is 1. The van der Waals surface area contributed by atoms with Crippen LogP contribution in [0, 0.1) is 0 Å². The minimum Gasteiger partial charge on any atom is -0.478 e. The highest BCUT2D eigenvalue weighted by Crippen LogP contribution is 2.57. The second-order valence-electron chi connectivity index (χ2n) is 10.0. The average Bonchev–Trinajstić information content (AvgIpc) is 3.09. The molecule has 0 aromatic heterocycles. The van der Waals surface area contributed by atoms with Gasteiger partial charge in [0.15, 0.2) is 5.60 Å². The van der Waals surface area contributed by atoms with Gasteiger partial charge in [0, 0.05) is 61.7 Å². The third kappa shape index (κ3) is 2.81. The summed E-state index contributed by atoms with van der Waals surface area (Å²) in [5.74, 6) is -1.49. The van der Waals surface area contributed by atoms with Gasteiger partial charge in [-0.1, -0.05) is 26.0 Å². The minimum atomic E-state index is -1.21. The van der Waals surface area contributed by atoms with Gasteiger partial charge in [-0.2, -0.15) is 0 Å². The summed E-state index contributed by atoms with van der Waals surface area (Å²) in [6.45, 7) is 4.36. The standard InChI is InChI=1S/C28H28N2O4/c1-27(2)23-14-17(29(3)4)8-11-20(23)28(21-12-9-18(30(5)6)15-24(21)27)22-13-16(25(31)32)7-10-19(22)26(33)34-28/h7-15H,1-6H3,(H,31,32). The van der Waals surface area contributed by atoms with Crippen LogP contribution in [-0.4, -0.2) is 45.2 Å². The molecule has 0 unspecified atom stereocenters. The molecule has 3 aromatic carbocycles. The molecule has 174 valence electrons. The van der Waals surface area contributed by atoms with E-state index in [-0.39, 0.29) is 11.0 Å². The molecule has 1 N–H and O–H groups in total. The quantitative estimate of drug-likeness (QED) is 0.580. The van der Waals surface area contributed by atoms with Gasteiger partial charge in [0.05, 0.1) is 11.1 Å². The van der Waals surface area contributed by atoms with Crippen LogP contribution in [0.2, 0.25) is 0 Å². The molecular weight excluding hydrogens is 428 g/mol. The first-order valence-corrected chi connectivity index (χ1v) is 11.2. The Bertz CT molecular complexity index is 1310. The monoisotopic (exact) mass is 456 g/mol. The van der Waals surface area contributed by atoms with E-state index in [0.29, 0.717) is 11.1 Å². The maximum atomic E-state index is 13.2. The van der Waals surface area contributed by atoms with Crippen molar-refractivity contribution in [3.05, 3.63) is 93.5 Å². The SMILES string of the molecule is CN(C)c1ccc2c(c1)C(C)(C)c1cc(N(C)C)ccc1C21OC(=O)c2ccc(C(=O)O)cc21. The van der Waals surface area contributed by atoms with E-state index in [4.69, 9.17) is 4.74 Å². The number of carboxylic acid groups (broad SMARTS) is 1. The Balaban J connectivity index is 1.93. The molecule has 3 aromatic rings. The largest absolute Gasteiger partial charge is 0.478 e. The number of nitrogens with zero attached hydrogens (tertiary/aromatic N) is 2. The average molecular weight is 457 g/mol. The van der Waals surface area contributed by atoms with Crippen LogP contribution in [0.4, 0.5) is 11.4 Å². The van der Waals surface area contributed by atoms with Crippen molar-refractivity contribution in [1.29, 1.82) is 0 Å². The van der Waals surface area contributed by atoms with Crippen molar-refractivity contribution in [2.45, 2.75) is 24.9 Å². The van der Waals surface area contributed by atoms with E-state index in [1.807, 2.05) is 62.3 Å². The number of hydrogen-bond donors (Lipinski definition) is 1. The van der Waals surface area contributed by atoms with Crippen LogP contribution in [0.3, 0.4) is 0 Å². The van der Waals surface area contributed by atoms with Crippen LogP contribution >= 0.6 is 0 Å². The normalized spacial score (nSPS) is 16.4. The van der Waals surface area contributed by atoms with Crippen molar-refractivity contribution in [2.24, 2.45) is 0 Å². The highest BCUT2D eigenvalue weighted by Gasteiger charge is 2.55. The molecule has 6 heteroatoms. The summed E-state index contributed by atoms with van der Waals surface area (Å²) >= 11 is 0. The highest BCUT2D eigenvalue weighted by atomic mass is 16.6. The van der Waals surface area contributed by atoms with Gasteiger partial charge in [0.25, 0.3) is 0 Å². The van der Waals surface area contributed by atoms with Crippen molar-refractivity contribution in [3.63, 3.8) is 0 Å². The van der Waals surface area contributed by atoms with E-state index in [9.17, 15) is 14.7 Å². The maximum Gasteiger partial charge on any atom is 0.340 e. The molecule has 5 rings (SSSR count). The number of carbonyl (C=O) groups is 2. The molecule has 0 bridgehead atoms. The topological polar surface area (TPSA) is 70.1 Å². The number of aromatic carboxylic acids is 1. The zero-order valence-electron chi connectivity index (χ0n) is 20.3. The molecule has 34 heavy (non-hydrogen) atoms. The van der Waals surface area contributed by atoms with Gasteiger partial charge in [-0.25, -0.2) is 9.59 Å². The summed E-state index contributed by atoms with van der Waals surface area (Å²) < 4.78 is 6.28. The van der Waals surface area contributed by atoms with Crippen molar-refractivity contribution in [3.8, 4) is 0 Å². The fraction of sp³-hybridized carbons (Fsp3) is 0.286. The van der Waals surface area contributed by atoms with Gasteiger partial charge in [-0.3, -0.25) is 0 Å². The summed E-state index contributed by atoms with van der Waals surface area (Å²) in [6.07, 6.45) is 0. The Morgan fingerprint density at radius 2 is 1.29 bits per heavy atom. The molecule has 6 nitrogen and oxygen atoms in total. The number of benzene rings is 3. The van der Waals surface area contributed by atoms with Crippen molar-refractivity contribution >= 4 is 23.3 Å². The van der Waals surface area contributed by atoms with Crippen LogP contribution in [0.15, 0.2) is 54.6 Å². The van der Waals surface area contributed by atoms with Crippen molar-refractivity contribution in [1.82, 2.24) is 0 Å². The third-order valence-corrected chi connectivity index (χ3v) is 7.26. The summed E-state index contributed by atoms with van der Waals surface area (Å²) in [5, 5.41) is 9.70. The molecule has 0 fully saturated rings. The van der Waals surface area contributed by atoms with Gasteiger partial charge < -0.3 is 19.6 Å². The van der Waals surface area contributed by atoms with E-state index in [2.05, 4.69) is 26.0 Å². The van der Waals surface area contributed by atoms with E-state index in [0.717, 1.165) is 33.6 Å². The number of esters is 1. The molecule has 0 saturated carbocycles. The molecule has 1 spiro atoms. The summed E-state index contributed by atoms with van der Waals surface area (Å²) in [4.78, 5) is 29.1. The Kier molecular flexibility index (Phi) is 4.60. The second-order valence-corrected chi connectivity index (χ2v) is 10.0. The summed E-state index contributed by atoms with van der Waals surface area (Å²) in [6, 6.07) is 17.0. The highest BCUT2D eigenvalue weighted by molar-refractivity contribution is 5.99.